The van der Waals surface area contributed by atoms with E-state index in [1.54, 1.807) is 17.5 Å². The Morgan fingerprint density at radius 2 is 2.08 bits per heavy atom. The normalized spacial score (nSPS) is 15.3. The van der Waals surface area contributed by atoms with E-state index in [4.69, 9.17) is 0 Å². The van der Waals surface area contributed by atoms with Crippen LogP contribution < -0.4 is 5.32 Å². The molecule has 0 aromatic carbocycles. The minimum atomic E-state index is 0.0704. The Labute approximate surface area is 152 Å². The van der Waals surface area contributed by atoms with Crippen LogP contribution in [0.3, 0.4) is 0 Å². The molecule has 1 aliphatic heterocycles. The molecule has 6 heteroatoms. The molecule has 25 heavy (non-hydrogen) atoms. The minimum absolute atomic E-state index is 0.0704. The van der Waals surface area contributed by atoms with Gasteiger partial charge in [0.05, 0.1) is 0 Å². The molecule has 5 nitrogen and oxygen atoms in total. The lowest BCUT2D eigenvalue weighted by Crippen LogP contribution is -2.41. The lowest BCUT2D eigenvalue weighted by atomic mass is 9.96. The molecule has 2 amide bonds. The zero-order valence-electron chi connectivity index (χ0n) is 14.4. The molecular weight excluding hydrogens is 334 g/mol. The largest absolute Gasteiger partial charge is 0.357 e. The van der Waals surface area contributed by atoms with Crippen LogP contribution in [0.15, 0.2) is 35.8 Å². The Bertz CT molecular complexity index is 659. The molecule has 0 radical (unpaired) electrons. The molecule has 2 aromatic rings. The fraction of sp³-hybridized carbons (Fsp3) is 0.474. The second-order valence-corrected chi connectivity index (χ2v) is 7.59. The summed E-state index contributed by atoms with van der Waals surface area (Å²) in [5.41, 5.74) is 0.650. The van der Waals surface area contributed by atoms with Crippen molar-refractivity contribution in [3.8, 4) is 0 Å². The second-order valence-electron chi connectivity index (χ2n) is 6.56. The number of carbonyl (C=O) groups excluding carboxylic acids is 2. The summed E-state index contributed by atoms with van der Waals surface area (Å²) in [4.78, 5) is 30.4. The maximum absolute atomic E-state index is 12.3. The van der Waals surface area contributed by atoms with Crippen LogP contribution in [0.25, 0.3) is 0 Å². The third-order valence-corrected chi connectivity index (χ3v) is 5.66. The van der Waals surface area contributed by atoms with Crippen molar-refractivity contribution >= 4 is 23.2 Å². The van der Waals surface area contributed by atoms with Gasteiger partial charge in [0.1, 0.15) is 5.69 Å². The highest BCUT2D eigenvalue weighted by molar-refractivity contribution is 7.09. The van der Waals surface area contributed by atoms with E-state index in [1.165, 1.54) is 4.88 Å². The van der Waals surface area contributed by atoms with Gasteiger partial charge in [-0.3, -0.25) is 9.59 Å². The van der Waals surface area contributed by atoms with Crippen molar-refractivity contribution in [3.63, 3.8) is 0 Å². The van der Waals surface area contributed by atoms with Gasteiger partial charge in [0.15, 0.2) is 0 Å². The van der Waals surface area contributed by atoms with E-state index in [0.717, 1.165) is 45.3 Å². The van der Waals surface area contributed by atoms with Gasteiger partial charge in [-0.05, 0) is 55.2 Å². The van der Waals surface area contributed by atoms with E-state index < -0.39 is 0 Å². The number of piperidine rings is 1. The van der Waals surface area contributed by atoms with Crippen molar-refractivity contribution in [3.05, 3.63) is 46.4 Å². The average Bonchev–Trinajstić information content (AvgIpc) is 3.33. The number of aryl methyl sites for hydroxylation is 1. The monoisotopic (exact) mass is 359 g/mol. The Morgan fingerprint density at radius 3 is 2.76 bits per heavy atom. The van der Waals surface area contributed by atoms with Crippen molar-refractivity contribution in [1.82, 2.24) is 15.2 Å². The Kier molecular flexibility index (Phi) is 6.28. The molecule has 0 bridgehead atoms. The van der Waals surface area contributed by atoms with Crippen LogP contribution in [0.1, 0.15) is 41.0 Å². The van der Waals surface area contributed by atoms with Gasteiger partial charge < -0.3 is 15.2 Å². The van der Waals surface area contributed by atoms with Gasteiger partial charge in [0.2, 0.25) is 5.91 Å². The van der Waals surface area contributed by atoms with E-state index in [0.29, 0.717) is 18.0 Å². The summed E-state index contributed by atoms with van der Waals surface area (Å²) in [6.45, 7) is 2.25. The first-order valence-electron chi connectivity index (χ1n) is 8.94. The number of thiophene rings is 1. The lowest BCUT2D eigenvalue weighted by Gasteiger charge is -2.31. The van der Waals surface area contributed by atoms with Gasteiger partial charge in [-0.2, -0.15) is 0 Å². The number of hydrogen-bond acceptors (Lipinski definition) is 3. The summed E-state index contributed by atoms with van der Waals surface area (Å²) in [6, 6.07) is 7.82. The van der Waals surface area contributed by atoms with E-state index in [-0.39, 0.29) is 11.8 Å². The standard InChI is InChI=1S/C19H25N3O2S/c23-18(7-1-4-16-5-3-13-25-16)21-14-15-8-11-22(12-9-15)19(24)17-6-2-10-20-17/h2-3,5-6,10,13,15,20H,1,4,7-9,11-12,14H2,(H,21,23). The molecule has 0 unspecified atom stereocenters. The third-order valence-electron chi connectivity index (χ3n) is 4.73. The van der Waals surface area contributed by atoms with Crippen molar-refractivity contribution in [1.29, 1.82) is 0 Å². The van der Waals surface area contributed by atoms with Gasteiger partial charge >= 0.3 is 0 Å². The number of nitrogens with zero attached hydrogens (tertiary/aromatic N) is 1. The fourth-order valence-corrected chi connectivity index (χ4v) is 3.95. The van der Waals surface area contributed by atoms with Gasteiger partial charge in [-0.15, -0.1) is 11.3 Å². The molecule has 1 aliphatic rings. The van der Waals surface area contributed by atoms with Crippen molar-refractivity contribution in [2.24, 2.45) is 5.92 Å². The number of hydrogen-bond donors (Lipinski definition) is 2. The number of aromatic nitrogens is 1. The molecule has 0 atom stereocenters. The SMILES string of the molecule is O=C(CCCc1cccs1)NCC1CCN(C(=O)c2ccc[nH]2)CC1. The summed E-state index contributed by atoms with van der Waals surface area (Å²) in [5, 5.41) is 5.13. The first-order chi connectivity index (χ1) is 12.2. The van der Waals surface area contributed by atoms with Gasteiger partial charge in [0.25, 0.3) is 5.91 Å². The van der Waals surface area contributed by atoms with Crippen LogP contribution in [-0.4, -0.2) is 41.3 Å². The van der Waals surface area contributed by atoms with Gasteiger partial charge in [-0.1, -0.05) is 6.07 Å². The highest BCUT2D eigenvalue weighted by Crippen LogP contribution is 2.18. The zero-order chi connectivity index (χ0) is 17.5. The van der Waals surface area contributed by atoms with E-state index in [9.17, 15) is 9.59 Å². The van der Waals surface area contributed by atoms with E-state index in [2.05, 4.69) is 21.7 Å². The molecule has 3 heterocycles. The lowest BCUT2D eigenvalue weighted by molar-refractivity contribution is -0.121. The Balaban J connectivity index is 1.31. The Hall–Kier alpha value is -2.08. The highest BCUT2D eigenvalue weighted by Gasteiger charge is 2.24. The van der Waals surface area contributed by atoms with E-state index in [1.807, 2.05) is 23.1 Å². The number of aromatic amines is 1. The quantitative estimate of drug-likeness (QED) is 0.798. The second kappa shape index (κ2) is 8.85. The molecule has 134 valence electrons. The predicted octanol–water partition coefficient (Wildman–Crippen LogP) is 3.07. The number of rotatable bonds is 7. The van der Waals surface area contributed by atoms with Gasteiger partial charge in [-0.25, -0.2) is 0 Å². The average molecular weight is 359 g/mol. The number of nitrogens with one attached hydrogen (secondary N) is 2. The zero-order valence-corrected chi connectivity index (χ0v) is 15.2. The third kappa shape index (κ3) is 5.19. The molecule has 2 N–H and O–H groups in total. The van der Waals surface area contributed by atoms with Crippen LogP contribution in [0.5, 0.6) is 0 Å². The number of H-pyrrole nitrogens is 1. The molecular formula is C19H25N3O2S. The molecule has 3 rings (SSSR count). The summed E-state index contributed by atoms with van der Waals surface area (Å²) in [6.07, 6.45) is 6.12. The van der Waals surface area contributed by atoms with Gasteiger partial charge in [0, 0.05) is 37.1 Å². The molecule has 1 saturated heterocycles. The maximum atomic E-state index is 12.3. The van der Waals surface area contributed by atoms with E-state index >= 15 is 0 Å². The van der Waals surface area contributed by atoms with Crippen LogP contribution >= 0.6 is 11.3 Å². The minimum Gasteiger partial charge on any atom is -0.357 e. The van der Waals surface area contributed by atoms with Crippen molar-refractivity contribution in [2.75, 3.05) is 19.6 Å². The summed E-state index contributed by atoms with van der Waals surface area (Å²) in [5.74, 6) is 0.677. The highest BCUT2D eigenvalue weighted by atomic mass is 32.1. The smallest absolute Gasteiger partial charge is 0.270 e. The number of amides is 2. The summed E-state index contributed by atoms with van der Waals surface area (Å²) >= 11 is 1.75. The first kappa shape index (κ1) is 17.7. The Morgan fingerprint density at radius 1 is 1.24 bits per heavy atom. The van der Waals surface area contributed by atoms with Crippen molar-refractivity contribution in [2.45, 2.75) is 32.1 Å². The first-order valence-corrected chi connectivity index (χ1v) is 9.82. The van der Waals surface area contributed by atoms with Crippen LogP contribution in [0, 0.1) is 5.92 Å². The van der Waals surface area contributed by atoms with Crippen molar-refractivity contribution < 1.29 is 9.59 Å². The van der Waals surface area contributed by atoms with Crippen LogP contribution in [0.2, 0.25) is 0 Å². The fourth-order valence-electron chi connectivity index (χ4n) is 3.20. The molecule has 0 aliphatic carbocycles. The molecule has 0 spiro atoms. The van der Waals surface area contributed by atoms with Crippen LogP contribution in [-0.2, 0) is 11.2 Å². The number of carbonyl (C=O) groups is 2. The summed E-state index contributed by atoms with van der Waals surface area (Å²) < 4.78 is 0. The van der Waals surface area contributed by atoms with Crippen LogP contribution in [0.4, 0.5) is 0 Å². The topological polar surface area (TPSA) is 65.2 Å². The number of likely N-dealkylation sites (tertiary alicyclic amines) is 1. The molecule has 2 aromatic heterocycles. The molecule has 0 saturated carbocycles. The predicted molar refractivity (Wildman–Crippen MR) is 99.7 cm³/mol. The summed E-state index contributed by atoms with van der Waals surface area (Å²) in [7, 11) is 0. The maximum Gasteiger partial charge on any atom is 0.270 e. The molecule has 1 fully saturated rings.